The number of hydrogen-bond donors (Lipinski definition) is 1. The number of rotatable bonds is 1. The van der Waals surface area contributed by atoms with E-state index in [0.717, 1.165) is 5.39 Å². The van der Waals surface area contributed by atoms with Crippen LogP contribution in [0.5, 0.6) is 11.5 Å². The van der Waals surface area contributed by atoms with Gasteiger partial charge in [-0.2, -0.15) is 0 Å². The highest BCUT2D eigenvalue weighted by atomic mass is 16.5. The van der Waals surface area contributed by atoms with E-state index in [1.165, 1.54) is 13.2 Å². The van der Waals surface area contributed by atoms with Crippen LogP contribution in [-0.2, 0) is 0 Å². The fourth-order valence-corrected chi connectivity index (χ4v) is 2.06. The molecule has 3 aromatic rings. The number of fused-ring (bicyclic) bond motifs is 3. The van der Waals surface area contributed by atoms with Crippen molar-refractivity contribution in [3.8, 4) is 11.5 Å². The molecule has 0 fully saturated rings. The maximum atomic E-state index is 11.8. The first-order valence-corrected chi connectivity index (χ1v) is 5.43. The molecule has 3 rings (SSSR count). The van der Waals surface area contributed by atoms with Gasteiger partial charge in [-0.05, 0) is 12.1 Å². The Labute approximate surface area is 102 Å². The van der Waals surface area contributed by atoms with Crippen molar-refractivity contribution in [2.75, 3.05) is 7.11 Å². The lowest BCUT2D eigenvalue weighted by molar-refractivity contribution is 0.373. The molecule has 0 aliphatic heterocycles. The van der Waals surface area contributed by atoms with Crippen molar-refractivity contribution < 1.29 is 14.3 Å². The summed E-state index contributed by atoms with van der Waals surface area (Å²) in [5.41, 5.74) is -0.000747. The topological polar surface area (TPSA) is 59.7 Å². The van der Waals surface area contributed by atoms with Gasteiger partial charge in [-0.3, -0.25) is 0 Å². The quantitative estimate of drug-likeness (QED) is 0.526. The zero-order chi connectivity index (χ0) is 12.7. The molecule has 1 aromatic heterocycles. The van der Waals surface area contributed by atoms with Gasteiger partial charge in [-0.15, -0.1) is 0 Å². The third-order valence-electron chi connectivity index (χ3n) is 2.92. The average molecular weight is 242 g/mol. The van der Waals surface area contributed by atoms with E-state index in [9.17, 15) is 9.90 Å². The summed E-state index contributed by atoms with van der Waals surface area (Å²) in [6.07, 6.45) is 0. The zero-order valence-electron chi connectivity index (χ0n) is 9.64. The van der Waals surface area contributed by atoms with E-state index in [0.29, 0.717) is 16.4 Å². The van der Waals surface area contributed by atoms with E-state index in [-0.39, 0.29) is 11.5 Å². The molecule has 0 radical (unpaired) electrons. The Kier molecular flexibility index (Phi) is 2.23. The molecule has 4 nitrogen and oxygen atoms in total. The highest BCUT2D eigenvalue weighted by Crippen LogP contribution is 2.33. The summed E-state index contributed by atoms with van der Waals surface area (Å²) in [5.74, 6) is 0.296. The summed E-state index contributed by atoms with van der Waals surface area (Å²) in [7, 11) is 1.44. The van der Waals surface area contributed by atoms with Crippen LogP contribution in [0.3, 0.4) is 0 Å². The van der Waals surface area contributed by atoms with Crippen LogP contribution in [0, 0.1) is 0 Å². The Morgan fingerprint density at radius 3 is 2.56 bits per heavy atom. The minimum atomic E-state index is -0.397. The van der Waals surface area contributed by atoms with Crippen LogP contribution >= 0.6 is 0 Å². The smallest absolute Gasteiger partial charge is 0.344 e. The van der Waals surface area contributed by atoms with Crippen LogP contribution in [0.4, 0.5) is 0 Å². The highest BCUT2D eigenvalue weighted by Gasteiger charge is 2.10. The van der Waals surface area contributed by atoms with Crippen molar-refractivity contribution in [1.29, 1.82) is 0 Å². The Morgan fingerprint density at radius 1 is 1.11 bits per heavy atom. The number of ether oxygens (including phenoxy) is 1. The van der Waals surface area contributed by atoms with Crippen molar-refractivity contribution in [3.05, 3.63) is 46.8 Å². The van der Waals surface area contributed by atoms with Crippen LogP contribution in [0.2, 0.25) is 0 Å². The van der Waals surface area contributed by atoms with Gasteiger partial charge in [0.05, 0.1) is 12.5 Å². The predicted octanol–water partition coefficient (Wildman–Crippen LogP) is 2.66. The van der Waals surface area contributed by atoms with E-state index in [4.69, 9.17) is 9.15 Å². The second kappa shape index (κ2) is 3.77. The Hall–Kier alpha value is -2.49. The lowest BCUT2D eigenvalue weighted by atomic mass is 10.1. The average Bonchev–Trinajstić information content (AvgIpc) is 2.39. The molecule has 2 aromatic carbocycles. The number of phenols is 1. The fraction of sp³-hybridized carbons (Fsp3) is 0.0714. The van der Waals surface area contributed by atoms with Gasteiger partial charge in [0.15, 0.2) is 11.5 Å². The number of methoxy groups -OCH3 is 1. The Balaban J connectivity index is 2.55. The van der Waals surface area contributed by atoms with Crippen molar-refractivity contribution in [1.82, 2.24) is 0 Å². The highest BCUT2D eigenvalue weighted by molar-refractivity contribution is 6.05. The minimum absolute atomic E-state index is 0.0176. The largest absolute Gasteiger partial charge is 0.504 e. The van der Waals surface area contributed by atoms with E-state index in [1.807, 2.05) is 12.1 Å². The molecule has 0 bridgehead atoms. The number of phenolic OH excluding ortho intramolecular Hbond substituents is 1. The van der Waals surface area contributed by atoms with Crippen LogP contribution in [0.15, 0.2) is 45.6 Å². The molecule has 0 aliphatic rings. The molecule has 1 heterocycles. The second-order valence-corrected chi connectivity index (χ2v) is 3.96. The Morgan fingerprint density at radius 2 is 1.83 bits per heavy atom. The molecular weight excluding hydrogens is 232 g/mol. The third kappa shape index (κ3) is 1.43. The van der Waals surface area contributed by atoms with Crippen LogP contribution < -0.4 is 10.4 Å². The summed E-state index contributed by atoms with van der Waals surface area (Å²) in [6, 6.07) is 10.2. The monoisotopic (exact) mass is 242 g/mol. The van der Waals surface area contributed by atoms with Crippen molar-refractivity contribution in [2.45, 2.75) is 0 Å². The molecular formula is C14H10O4. The van der Waals surface area contributed by atoms with Gasteiger partial charge in [0.1, 0.15) is 5.58 Å². The molecule has 0 saturated carbocycles. The molecule has 4 heteroatoms. The predicted molar refractivity (Wildman–Crippen MR) is 68.2 cm³/mol. The molecule has 18 heavy (non-hydrogen) atoms. The molecule has 0 unspecified atom stereocenters. The van der Waals surface area contributed by atoms with Gasteiger partial charge in [-0.1, -0.05) is 18.2 Å². The number of aromatic hydroxyl groups is 1. The second-order valence-electron chi connectivity index (χ2n) is 3.96. The van der Waals surface area contributed by atoms with Crippen LogP contribution in [0.25, 0.3) is 21.7 Å². The normalized spacial score (nSPS) is 10.9. The van der Waals surface area contributed by atoms with Crippen molar-refractivity contribution >= 4 is 21.7 Å². The van der Waals surface area contributed by atoms with Gasteiger partial charge < -0.3 is 14.3 Å². The molecule has 0 spiro atoms. The van der Waals surface area contributed by atoms with E-state index in [2.05, 4.69) is 0 Å². The summed E-state index contributed by atoms with van der Waals surface area (Å²) in [4.78, 5) is 11.8. The van der Waals surface area contributed by atoms with Gasteiger partial charge in [0.2, 0.25) is 0 Å². The minimum Gasteiger partial charge on any atom is -0.504 e. The van der Waals surface area contributed by atoms with Crippen molar-refractivity contribution in [2.24, 2.45) is 0 Å². The molecule has 1 N–H and O–H groups in total. The summed E-state index contributed by atoms with van der Waals surface area (Å²) in [5, 5.41) is 11.7. The maximum absolute atomic E-state index is 11.8. The van der Waals surface area contributed by atoms with Gasteiger partial charge in [0.25, 0.3) is 0 Å². The Bertz CT molecular complexity index is 802. The summed E-state index contributed by atoms with van der Waals surface area (Å²) < 4.78 is 10.2. The van der Waals surface area contributed by atoms with Gasteiger partial charge >= 0.3 is 5.63 Å². The lowest BCUT2D eigenvalue weighted by Gasteiger charge is -2.06. The zero-order valence-corrected chi connectivity index (χ0v) is 9.64. The molecule has 90 valence electrons. The maximum Gasteiger partial charge on any atom is 0.344 e. The molecule has 0 atom stereocenters. The summed E-state index contributed by atoms with van der Waals surface area (Å²) in [6.45, 7) is 0. The van der Waals surface area contributed by atoms with Gasteiger partial charge in [-0.25, -0.2) is 4.79 Å². The standard InChI is InChI=1S/C14H10O4/c1-17-13-7-12-10(6-11(13)15)8-4-2-3-5-9(8)14(16)18-12/h2-7,15H,1H3. The molecule has 0 aliphatic carbocycles. The molecule has 0 amide bonds. The first-order chi connectivity index (χ1) is 8.70. The summed E-state index contributed by atoms with van der Waals surface area (Å²) >= 11 is 0. The van der Waals surface area contributed by atoms with E-state index in [1.54, 1.807) is 18.2 Å². The van der Waals surface area contributed by atoms with Crippen molar-refractivity contribution in [3.63, 3.8) is 0 Å². The molecule has 0 saturated heterocycles. The van der Waals surface area contributed by atoms with Crippen LogP contribution in [-0.4, -0.2) is 12.2 Å². The third-order valence-corrected chi connectivity index (χ3v) is 2.92. The van der Waals surface area contributed by atoms with Crippen LogP contribution in [0.1, 0.15) is 0 Å². The van der Waals surface area contributed by atoms with E-state index < -0.39 is 5.63 Å². The first kappa shape index (κ1) is 10.7. The number of hydrogen-bond acceptors (Lipinski definition) is 4. The van der Waals surface area contributed by atoms with E-state index >= 15 is 0 Å². The number of benzene rings is 2. The lowest BCUT2D eigenvalue weighted by Crippen LogP contribution is -1.99. The SMILES string of the molecule is COc1cc2oc(=O)c3ccccc3c2cc1O. The fourth-order valence-electron chi connectivity index (χ4n) is 2.06. The first-order valence-electron chi connectivity index (χ1n) is 5.43. The van der Waals surface area contributed by atoms with Gasteiger partial charge in [0, 0.05) is 16.8 Å².